The van der Waals surface area contributed by atoms with Gasteiger partial charge < -0.3 is 11.1 Å². The Bertz CT molecular complexity index is 632. The van der Waals surface area contributed by atoms with Crippen molar-refractivity contribution < 1.29 is 14.4 Å². The fourth-order valence-corrected chi connectivity index (χ4v) is 3.49. The van der Waals surface area contributed by atoms with Gasteiger partial charge in [0.05, 0.1) is 12.1 Å². The van der Waals surface area contributed by atoms with Crippen LogP contribution >= 0.6 is 0 Å². The first-order valence-electron chi connectivity index (χ1n) is 8.48. The summed E-state index contributed by atoms with van der Waals surface area (Å²) in [6, 6.07) is 7.04. The summed E-state index contributed by atoms with van der Waals surface area (Å²) < 4.78 is 0. The number of nitrogens with two attached hydrogens (primary N) is 1. The van der Waals surface area contributed by atoms with E-state index in [4.69, 9.17) is 5.73 Å². The summed E-state index contributed by atoms with van der Waals surface area (Å²) in [5, 5.41) is 3.08. The van der Waals surface area contributed by atoms with E-state index in [1.54, 1.807) is 24.3 Å². The highest BCUT2D eigenvalue weighted by molar-refractivity contribution is 6.01. The number of nitrogens with zero attached hydrogens (tertiary/aromatic N) is 1. The van der Waals surface area contributed by atoms with E-state index in [9.17, 15) is 14.4 Å². The molecule has 1 aromatic carbocycles. The van der Waals surface area contributed by atoms with Crippen LogP contribution in [-0.4, -0.2) is 34.7 Å². The van der Waals surface area contributed by atoms with Gasteiger partial charge in [0, 0.05) is 24.9 Å². The molecule has 0 atom stereocenters. The largest absolute Gasteiger partial charge is 0.345 e. The molecule has 6 heteroatoms. The van der Waals surface area contributed by atoms with E-state index in [0.29, 0.717) is 24.9 Å². The van der Waals surface area contributed by atoms with Crippen molar-refractivity contribution in [2.45, 2.75) is 50.6 Å². The molecular weight excluding hydrogens is 306 g/mol. The van der Waals surface area contributed by atoms with E-state index in [1.807, 2.05) is 0 Å². The van der Waals surface area contributed by atoms with Crippen molar-refractivity contribution in [2.75, 3.05) is 6.54 Å². The van der Waals surface area contributed by atoms with Crippen LogP contribution in [0.25, 0.3) is 0 Å². The third-order valence-electron chi connectivity index (χ3n) is 5.04. The molecule has 0 radical (unpaired) electrons. The molecule has 1 saturated carbocycles. The van der Waals surface area contributed by atoms with Crippen LogP contribution in [0.4, 0.5) is 0 Å². The molecule has 6 nitrogen and oxygen atoms in total. The molecule has 0 aromatic heterocycles. The molecule has 1 heterocycles. The second-order valence-electron chi connectivity index (χ2n) is 6.72. The third kappa shape index (κ3) is 3.33. The number of carbonyl (C=O) groups is 3. The van der Waals surface area contributed by atoms with Crippen LogP contribution < -0.4 is 11.1 Å². The van der Waals surface area contributed by atoms with Crippen LogP contribution in [0.1, 0.15) is 54.4 Å². The number of amides is 3. The van der Waals surface area contributed by atoms with Crippen molar-refractivity contribution >= 4 is 17.7 Å². The summed E-state index contributed by atoms with van der Waals surface area (Å²) in [6.07, 6.45) is 4.61. The third-order valence-corrected chi connectivity index (χ3v) is 5.04. The number of hydrogen-bond donors (Lipinski definition) is 2. The van der Waals surface area contributed by atoms with Gasteiger partial charge >= 0.3 is 0 Å². The minimum atomic E-state index is -0.274. The molecule has 1 aliphatic heterocycles. The lowest BCUT2D eigenvalue weighted by Crippen LogP contribution is -2.51. The van der Waals surface area contributed by atoms with Gasteiger partial charge in [0.2, 0.25) is 11.8 Å². The van der Waals surface area contributed by atoms with Gasteiger partial charge in [-0.1, -0.05) is 25.0 Å². The Hall–Kier alpha value is -2.21. The quantitative estimate of drug-likeness (QED) is 0.797. The Balaban J connectivity index is 1.64. The molecule has 3 N–H and O–H groups in total. The predicted molar refractivity (Wildman–Crippen MR) is 89.0 cm³/mol. The van der Waals surface area contributed by atoms with E-state index in [2.05, 4.69) is 5.32 Å². The maximum atomic E-state index is 12.4. The lowest BCUT2D eigenvalue weighted by Gasteiger charge is -2.28. The molecule has 0 bridgehead atoms. The lowest BCUT2D eigenvalue weighted by atomic mass is 9.97. The molecule has 3 amide bonds. The zero-order valence-electron chi connectivity index (χ0n) is 13.7. The van der Waals surface area contributed by atoms with E-state index >= 15 is 0 Å². The van der Waals surface area contributed by atoms with Gasteiger partial charge in [0.15, 0.2) is 0 Å². The molecule has 1 aliphatic carbocycles. The first-order valence-corrected chi connectivity index (χ1v) is 8.48. The highest BCUT2D eigenvalue weighted by Crippen LogP contribution is 2.29. The van der Waals surface area contributed by atoms with Gasteiger partial charge in [-0.3, -0.25) is 19.3 Å². The molecule has 24 heavy (non-hydrogen) atoms. The van der Waals surface area contributed by atoms with Gasteiger partial charge in [-0.15, -0.1) is 0 Å². The number of rotatable bonds is 5. The molecular formula is C18H23N3O3. The second kappa shape index (κ2) is 6.73. The van der Waals surface area contributed by atoms with Crippen LogP contribution in [0, 0.1) is 0 Å². The highest BCUT2D eigenvalue weighted by Gasteiger charge is 2.34. The lowest BCUT2D eigenvalue weighted by molar-refractivity contribution is -0.139. The number of benzene rings is 1. The molecule has 0 unspecified atom stereocenters. The maximum Gasteiger partial charge on any atom is 0.251 e. The average Bonchev–Trinajstić information content (AvgIpc) is 3.18. The van der Waals surface area contributed by atoms with E-state index in [-0.39, 0.29) is 29.8 Å². The van der Waals surface area contributed by atoms with Crippen molar-refractivity contribution in [1.82, 2.24) is 10.2 Å². The van der Waals surface area contributed by atoms with Gasteiger partial charge in [0.25, 0.3) is 5.91 Å². The average molecular weight is 329 g/mol. The fourth-order valence-electron chi connectivity index (χ4n) is 3.49. The van der Waals surface area contributed by atoms with Gasteiger partial charge in [-0.05, 0) is 30.5 Å². The van der Waals surface area contributed by atoms with Gasteiger partial charge in [0.1, 0.15) is 0 Å². The molecule has 3 rings (SSSR count). The Morgan fingerprint density at radius 3 is 2.21 bits per heavy atom. The summed E-state index contributed by atoms with van der Waals surface area (Å²) >= 11 is 0. The molecule has 128 valence electrons. The molecule has 2 aliphatic rings. The summed E-state index contributed by atoms with van der Waals surface area (Å²) in [5.41, 5.74) is 6.98. The first-order chi connectivity index (χ1) is 11.5. The first kappa shape index (κ1) is 16.6. The number of nitrogens with one attached hydrogen (secondary N) is 1. The van der Waals surface area contributed by atoms with E-state index < -0.39 is 0 Å². The van der Waals surface area contributed by atoms with Crippen LogP contribution in [-0.2, 0) is 16.1 Å². The Kier molecular flexibility index (Phi) is 4.66. The van der Waals surface area contributed by atoms with E-state index in [0.717, 1.165) is 31.2 Å². The van der Waals surface area contributed by atoms with Gasteiger partial charge in [-0.25, -0.2) is 0 Å². The van der Waals surface area contributed by atoms with Crippen molar-refractivity contribution in [3.63, 3.8) is 0 Å². The van der Waals surface area contributed by atoms with Crippen LogP contribution in [0.3, 0.4) is 0 Å². The zero-order chi connectivity index (χ0) is 17.2. The summed E-state index contributed by atoms with van der Waals surface area (Å²) in [4.78, 5) is 37.0. The standard InChI is InChI=1S/C18H23N3O3/c19-12-18(9-1-2-10-18)20-17(24)14-5-3-13(4-6-14)11-21-15(22)7-8-16(21)23/h3-6H,1-2,7-12,19H2,(H,20,24). The maximum absolute atomic E-state index is 12.4. The Morgan fingerprint density at radius 1 is 1.08 bits per heavy atom. The minimum absolute atomic E-state index is 0.123. The van der Waals surface area contributed by atoms with Crippen LogP contribution in [0.2, 0.25) is 0 Å². The van der Waals surface area contributed by atoms with Crippen molar-refractivity contribution in [3.05, 3.63) is 35.4 Å². The van der Waals surface area contributed by atoms with Gasteiger partial charge in [-0.2, -0.15) is 0 Å². The smallest absolute Gasteiger partial charge is 0.251 e. The van der Waals surface area contributed by atoms with Crippen molar-refractivity contribution in [2.24, 2.45) is 5.73 Å². The number of imide groups is 1. The molecule has 0 spiro atoms. The predicted octanol–water partition coefficient (Wildman–Crippen LogP) is 1.34. The Morgan fingerprint density at radius 2 is 1.67 bits per heavy atom. The molecule has 1 aromatic rings. The normalized spacial score (nSPS) is 19.8. The topological polar surface area (TPSA) is 92.5 Å². The summed E-state index contributed by atoms with van der Waals surface area (Å²) in [7, 11) is 0. The number of hydrogen-bond acceptors (Lipinski definition) is 4. The zero-order valence-corrected chi connectivity index (χ0v) is 13.7. The molecule has 2 fully saturated rings. The minimum Gasteiger partial charge on any atom is -0.345 e. The SMILES string of the molecule is NCC1(NC(=O)c2ccc(CN3C(=O)CCC3=O)cc2)CCCC1. The number of likely N-dealkylation sites (tertiary alicyclic amines) is 1. The van der Waals surface area contributed by atoms with Crippen molar-refractivity contribution in [1.29, 1.82) is 0 Å². The number of carbonyl (C=O) groups excluding carboxylic acids is 3. The highest BCUT2D eigenvalue weighted by atomic mass is 16.2. The summed E-state index contributed by atoms with van der Waals surface area (Å²) in [6.45, 7) is 0.725. The summed E-state index contributed by atoms with van der Waals surface area (Å²) in [5.74, 6) is -0.386. The second-order valence-corrected chi connectivity index (χ2v) is 6.72. The molecule has 1 saturated heterocycles. The monoisotopic (exact) mass is 329 g/mol. The Labute approximate surface area is 141 Å². The fraction of sp³-hybridized carbons (Fsp3) is 0.500. The van der Waals surface area contributed by atoms with E-state index in [1.165, 1.54) is 4.90 Å². The van der Waals surface area contributed by atoms with Crippen molar-refractivity contribution in [3.8, 4) is 0 Å². The van der Waals surface area contributed by atoms with Crippen LogP contribution in [0.5, 0.6) is 0 Å². The van der Waals surface area contributed by atoms with Crippen LogP contribution in [0.15, 0.2) is 24.3 Å².